The standard InChI is InChI=1S/C12H17F3N2O3/c1-11(2,9(18)19)7-16-10(20)17-5-3-8(4-6-17)12(13,14)15/h3H,4-7H2,1-2H3,(H,16,20)(H,18,19). The van der Waals surface area contributed by atoms with Crippen LogP contribution in [0.2, 0.25) is 0 Å². The highest BCUT2D eigenvalue weighted by Gasteiger charge is 2.35. The number of carbonyl (C=O) groups excluding carboxylic acids is 1. The van der Waals surface area contributed by atoms with E-state index in [-0.39, 0.29) is 26.1 Å². The van der Waals surface area contributed by atoms with Crippen molar-refractivity contribution in [2.75, 3.05) is 19.6 Å². The van der Waals surface area contributed by atoms with Crippen LogP contribution < -0.4 is 5.32 Å². The van der Waals surface area contributed by atoms with Crippen molar-refractivity contribution in [2.45, 2.75) is 26.4 Å². The van der Waals surface area contributed by atoms with Crippen LogP contribution in [0.4, 0.5) is 18.0 Å². The van der Waals surface area contributed by atoms with Gasteiger partial charge in [0.2, 0.25) is 0 Å². The number of carboxylic acid groups (broad SMARTS) is 1. The molecule has 1 rings (SSSR count). The third-order valence-electron chi connectivity index (χ3n) is 3.12. The Morgan fingerprint density at radius 2 is 2.00 bits per heavy atom. The number of rotatable bonds is 3. The van der Waals surface area contributed by atoms with Crippen LogP contribution in [0.3, 0.4) is 0 Å². The molecular formula is C12H17F3N2O3. The molecule has 0 saturated heterocycles. The van der Waals surface area contributed by atoms with Gasteiger partial charge >= 0.3 is 18.2 Å². The Morgan fingerprint density at radius 1 is 1.40 bits per heavy atom. The molecule has 0 aromatic rings. The molecule has 0 spiro atoms. The van der Waals surface area contributed by atoms with E-state index in [1.165, 1.54) is 18.7 Å². The monoisotopic (exact) mass is 294 g/mol. The highest BCUT2D eigenvalue weighted by Crippen LogP contribution is 2.30. The number of nitrogens with one attached hydrogen (secondary N) is 1. The fourth-order valence-electron chi connectivity index (χ4n) is 1.60. The molecule has 1 aliphatic rings. The number of carbonyl (C=O) groups is 2. The summed E-state index contributed by atoms with van der Waals surface area (Å²) in [5.74, 6) is -1.06. The van der Waals surface area contributed by atoms with Gasteiger partial charge in [-0.3, -0.25) is 4.79 Å². The van der Waals surface area contributed by atoms with Crippen molar-refractivity contribution < 1.29 is 27.9 Å². The first-order chi connectivity index (χ1) is 9.04. The fraction of sp³-hybridized carbons (Fsp3) is 0.667. The Bertz CT molecular complexity index is 430. The van der Waals surface area contributed by atoms with E-state index in [2.05, 4.69) is 5.32 Å². The highest BCUT2D eigenvalue weighted by atomic mass is 19.4. The summed E-state index contributed by atoms with van der Waals surface area (Å²) in [6.07, 6.45) is -3.63. The normalized spacial score (nSPS) is 16.6. The lowest BCUT2D eigenvalue weighted by Crippen LogP contribution is -2.47. The molecule has 0 saturated carbocycles. The minimum absolute atomic E-state index is 0.0370. The molecule has 1 heterocycles. The van der Waals surface area contributed by atoms with E-state index >= 15 is 0 Å². The lowest BCUT2D eigenvalue weighted by Gasteiger charge is -2.29. The van der Waals surface area contributed by atoms with Crippen LogP contribution in [0, 0.1) is 5.41 Å². The Labute approximate surface area is 114 Å². The van der Waals surface area contributed by atoms with E-state index in [0.717, 1.165) is 6.08 Å². The largest absolute Gasteiger partial charge is 0.481 e. The Hall–Kier alpha value is -1.73. The van der Waals surface area contributed by atoms with E-state index in [1.807, 2.05) is 0 Å². The first-order valence-electron chi connectivity index (χ1n) is 6.06. The maximum Gasteiger partial charge on any atom is 0.412 e. The first kappa shape index (κ1) is 16.3. The third kappa shape index (κ3) is 4.14. The van der Waals surface area contributed by atoms with E-state index in [1.54, 1.807) is 0 Å². The molecule has 2 amide bonds. The van der Waals surface area contributed by atoms with Gasteiger partial charge in [-0.2, -0.15) is 13.2 Å². The molecule has 0 bridgehead atoms. The Balaban J connectivity index is 2.52. The zero-order chi connectivity index (χ0) is 15.6. The molecule has 0 aliphatic carbocycles. The maximum absolute atomic E-state index is 12.4. The van der Waals surface area contributed by atoms with Gasteiger partial charge in [-0.15, -0.1) is 0 Å². The molecule has 1 aliphatic heterocycles. The Kier molecular flexibility index (Phi) is 4.67. The molecule has 20 heavy (non-hydrogen) atoms. The number of amides is 2. The summed E-state index contributed by atoms with van der Waals surface area (Å²) in [6, 6.07) is -0.559. The van der Waals surface area contributed by atoms with Crippen LogP contribution in [-0.2, 0) is 4.79 Å². The first-order valence-corrected chi connectivity index (χ1v) is 6.06. The quantitative estimate of drug-likeness (QED) is 0.782. The fourth-order valence-corrected chi connectivity index (χ4v) is 1.60. The molecular weight excluding hydrogens is 277 g/mol. The van der Waals surface area contributed by atoms with Crippen molar-refractivity contribution in [2.24, 2.45) is 5.41 Å². The van der Waals surface area contributed by atoms with E-state index in [4.69, 9.17) is 5.11 Å². The van der Waals surface area contributed by atoms with E-state index in [0.29, 0.717) is 0 Å². The van der Waals surface area contributed by atoms with Gasteiger partial charge in [0.25, 0.3) is 0 Å². The van der Waals surface area contributed by atoms with Gasteiger partial charge in [-0.05, 0) is 20.3 Å². The van der Waals surface area contributed by atoms with Gasteiger partial charge < -0.3 is 15.3 Å². The van der Waals surface area contributed by atoms with Crippen LogP contribution in [-0.4, -0.2) is 47.8 Å². The molecule has 0 aromatic heterocycles. The molecule has 2 N–H and O–H groups in total. The van der Waals surface area contributed by atoms with Crippen molar-refractivity contribution in [1.29, 1.82) is 0 Å². The molecule has 0 fully saturated rings. The second-order valence-electron chi connectivity index (χ2n) is 5.27. The number of carboxylic acids is 1. The second-order valence-corrected chi connectivity index (χ2v) is 5.27. The van der Waals surface area contributed by atoms with Crippen LogP contribution in [0.15, 0.2) is 11.6 Å². The summed E-state index contributed by atoms with van der Waals surface area (Å²) in [7, 11) is 0. The predicted octanol–water partition coefficient (Wildman–Crippen LogP) is 2.00. The molecule has 0 aromatic carbocycles. The number of nitrogens with zero attached hydrogens (tertiary/aromatic N) is 1. The number of hydrogen-bond acceptors (Lipinski definition) is 2. The summed E-state index contributed by atoms with van der Waals surface area (Å²) < 4.78 is 37.2. The molecule has 114 valence electrons. The van der Waals surface area contributed by atoms with Crippen molar-refractivity contribution in [3.05, 3.63) is 11.6 Å². The summed E-state index contributed by atoms with van der Waals surface area (Å²) in [5, 5.41) is 11.3. The zero-order valence-electron chi connectivity index (χ0n) is 11.3. The molecule has 0 unspecified atom stereocenters. The van der Waals surface area contributed by atoms with Crippen LogP contribution in [0.25, 0.3) is 0 Å². The van der Waals surface area contributed by atoms with Gasteiger partial charge in [-0.1, -0.05) is 6.08 Å². The summed E-state index contributed by atoms with van der Waals surface area (Å²) in [4.78, 5) is 23.8. The predicted molar refractivity (Wildman–Crippen MR) is 65.1 cm³/mol. The summed E-state index contributed by atoms with van der Waals surface area (Å²) in [6.45, 7) is 2.65. The molecule has 8 heteroatoms. The zero-order valence-corrected chi connectivity index (χ0v) is 11.3. The molecule has 5 nitrogen and oxygen atoms in total. The van der Waals surface area contributed by atoms with Crippen molar-refractivity contribution in [3.63, 3.8) is 0 Å². The number of alkyl halides is 3. The number of halogens is 3. The average molecular weight is 294 g/mol. The third-order valence-corrected chi connectivity index (χ3v) is 3.12. The molecule has 0 atom stereocenters. The smallest absolute Gasteiger partial charge is 0.412 e. The SMILES string of the molecule is CC(C)(CNC(=O)N1CC=C(C(F)(F)F)CC1)C(=O)O. The second kappa shape index (κ2) is 5.72. The van der Waals surface area contributed by atoms with Crippen molar-refractivity contribution >= 4 is 12.0 Å². The Morgan fingerprint density at radius 3 is 2.40 bits per heavy atom. The summed E-state index contributed by atoms with van der Waals surface area (Å²) in [5.41, 5.74) is -1.76. The lowest BCUT2D eigenvalue weighted by molar-refractivity contribution is -0.146. The maximum atomic E-state index is 12.4. The summed E-state index contributed by atoms with van der Waals surface area (Å²) >= 11 is 0. The number of urea groups is 1. The van der Waals surface area contributed by atoms with Gasteiger partial charge in [0.05, 0.1) is 5.41 Å². The van der Waals surface area contributed by atoms with E-state index in [9.17, 15) is 22.8 Å². The van der Waals surface area contributed by atoms with Crippen LogP contribution >= 0.6 is 0 Å². The average Bonchev–Trinajstić information content (AvgIpc) is 2.35. The van der Waals surface area contributed by atoms with Gasteiger partial charge in [0.15, 0.2) is 0 Å². The van der Waals surface area contributed by atoms with Gasteiger partial charge in [0, 0.05) is 25.2 Å². The van der Waals surface area contributed by atoms with Gasteiger partial charge in [0.1, 0.15) is 0 Å². The van der Waals surface area contributed by atoms with E-state index < -0.39 is 29.2 Å². The van der Waals surface area contributed by atoms with Crippen molar-refractivity contribution in [3.8, 4) is 0 Å². The number of hydrogen-bond donors (Lipinski definition) is 2. The van der Waals surface area contributed by atoms with Crippen LogP contribution in [0.5, 0.6) is 0 Å². The molecule has 0 radical (unpaired) electrons. The van der Waals surface area contributed by atoms with Crippen molar-refractivity contribution in [1.82, 2.24) is 10.2 Å². The topological polar surface area (TPSA) is 69.6 Å². The van der Waals surface area contributed by atoms with Gasteiger partial charge in [-0.25, -0.2) is 4.79 Å². The number of aliphatic carboxylic acids is 1. The lowest BCUT2D eigenvalue weighted by atomic mass is 9.94. The highest BCUT2D eigenvalue weighted by molar-refractivity contribution is 5.77. The van der Waals surface area contributed by atoms with Crippen LogP contribution in [0.1, 0.15) is 20.3 Å². The minimum atomic E-state index is -4.35. The minimum Gasteiger partial charge on any atom is -0.481 e.